The van der Waals surface area contributed by atoms with Crippen LogP contribution in [0, 0.1) is 5.82 Å². The minimum absolute atomic E-state index is 0.103. The van der Waals surface area contributed by atoms with E-state index in [0.29, 0.717) is 6.42 Å². The molecule has 0 fully saturated rings. The summed E-state index contributed by atoms with van der Waals surface area (Å²) < 4.78 is 36.8. The summed E-state index contributed by atoms with van der Waals surface area (Å²) in [6, 6.07) is 15.0. The lowest BCUT2D eigenvalue weighted by molar-refractivity contribution is 0.590. The number of rotatable bonds is 6. The first-order valence-electron chi connectivity index (χ1n) is 6.60. The second-order valence-corrected chi connectivity index (χ2v) is 6.82. The molecule has 0 N–H and O–H groups in total. The van der Waals surface area contributed by atoms with Crippen LogP contribution in [0.15, 0.2) is 59.5 Å². The third-order valence-electron chi connectivity index (χ3n) is 3.14. The molecule has 0 spiro atoms. The molecule has 0 radical (unpaired) electrons. The van der Waals surface area contributed by atoms with Crippen LogP contribution in [0.5, 0.6) is 0 Å². The van der Waals surface area contributed by atoms with E-state index in [4.69, 9.17) is 0 Å². The highest BCUT2D eigenvalue weighted by Crippen LogP contribution is 2.14. The van der Waals surface area contributed by atoms with E-state index in [1.54, 1.807) is 0 Å². The van der Waals surface area contributed by atoms with Crippen molar-refractivity contribution in [3.05, 3.63) is 66.0 Å². The van der Waals surface area contributed by atoms with Gasteiger partial charge in [-0.3, -0.25) is 0 Å². The topological polar surface area (TPSA) is 34.1 Å². The van der Waals surface area contributed by atoms with E-state index in [0.717, 1.165) is 12.8 Å². The van der Waals surface area contributed by atoms with Crippen molar-refractivity contribution in [3.8, 4) is 0 Å². The first-order valence-corrected chi connectivity index (χ1v) is 8.25. The van der Waals surface area contributed by atoms with Crippen LogP contribution in [-0.4, -0.2) is 14.2 Å². The lowest BCUT2D eigenvalue weighted by Crippen LogP contribution is -2.07. The van der Waals surface area contributed by atoms with Crippen LogP contribution >= 0.6 is 0 Å². The summed E-state index contributed by atoms with van der Waals surface area (Å²) in [6.07, 6.45) is 2.30. The van der Waals surface area contributed by atoms with Gasteiger partial charge in [0.05, 0.1) is 10.6 Å². The van der Waals surface area contributed by atoms with Crippen molar-refractivity contribution in [2.45, 2.75) is 24.2 Å². The Balaban J connectivity index is 1.85. The van der Waals surface area contributed by atoms with Crippen molar-refractivity contribution in [1.82, 2.24) is 0 Å². The number of halogens is 1. The highest BCUT2D eigenvalue weighted by Gasteiger charge is 2.13. The molecular formula is C16H17FO2S. The molecule has 0 saturated carbocycles. The normalized spacial score (nSPS) is 11.4. The number of sulfone groups is 1. The molecule has 0 bridgehead atoms. The lowest BCUT2D eigenvalue weighted by atomic mass is 10.1. The molecule has 20 heavy (non-hydrogen) atoms. The average Bonchev–Trinajstić information content (AvgIpc) is 2.45. The number of benzene rings is 2. The van der Waals surface area contributed by atoms with Gasteiger partial charge in [0.1, 0.15) is 5.82 Å². The maximum atomic E-state index is 12.8. The minimum Gasteiger partial charge on any atom is -0.224 e. The Bertz CT molecular complexity index is 634. The Morgan fingerprint density at radius 2 is 1.50 bits per heavy atom. The van der Waals surface area contributed by atoms with E-state index in [2.05, 4.69) is 0 Å². The van der Waals surface area contributed by atoms with Gasteiger partial charge in [-0.15, -0.1) is 0 Å². The summed E-state index contributed by atoms with van der Waals surface area (Å²) in [6.45, 7) is 0. The van der Waals surface area contributed by atoms with Crippen LogP contribution < -0.4 is 0 Å². The summed E-state index contributed by atoms with van der Waals surface area (Å²) >= 11 is 0. The predicted octanol–water partition coefficient (Wildman–Crippen LogP) is 3.62. The van der Waals surface area contributed by atoms with E-state index in [-0.39, 0.29) is 10.6 Å². The molecule has 4 heteroatoms. The predicted molar refractivity (Wildman–Crippen MR) is 77.8 cm³/mol. The van der Waals surface area contributed by atoms with Gasteiger partial charge in [-0.2, -0.15) is 0 Å². The minimum atomic E-state index is -3.30. The van der Waals surface area contributed by atoms with Gasteiger partial charge in [0.2, 0.25) is 0 Å². The molecule has 0 unspecified atom stereocenters. The Labute approximate surface area is 119 Å². The molecule has 0 aromatic heterocycles. The molecular weight excluding hydrogens is 275 g/mol. The zero-order valence-electron chi connectivity index (χ0n) is 11.1. The third-order valence-corrected chi connectivity index (χ3v) is 4.96. The second kappa shape index (κ2) is 6.66. The third kappa shape index (κ3) is 4.17. The summed E-state index contributed by atoms with van der Waals surface area (Å²) in [5, 5.41) is 0. The van der Waals surface area contributed by atoms with Crippen LogP contribution in [0.3, 0.4) is 0 Å². The molecule has 0 atom stereocenters. The van der Waals surface area contributed by atoms with Crippen molar-refractivity contribution >= 4 is 9.84 Å². The van der Waals surface area contributed by atoms with Gasteiger partial charge in [-0.1, -0.05) is 30.3 Å². The van der Waals surface area contributed by atoms with Crippen LogP contribution in [0.25, 0.3) is 0 Å². The van der Waals surface area contributed by atoms with Gasteiger partial charge in [0.25, 0.3) is 0 Å². The van der Waals surface area contributed by atoms with Gasteiger partial charge in [0, 0.05) is 0 Å². The Kier molecular flexibility index (Phi) is 4.90. The SMILES string of the molecule is O=S(=O)(CCCCc1ccccc1)c1ccc(F)cc1. The fraction of sp³-hybridized carbons (Fsp3) is 0.250. The maximum absolute atomic E-state index is 12.8. The molecule has 0 aliphatic carbocycles. The molecule has 2 aromatic carbocycles. The zero-order valence-corrected chi connectivity index (χ0v) is 11.9. The molecule has 0 saturated heterocycles. The van der Waals surface area contributed by atoms with Crippen LogP contribution in [-0.2, 0) is 16.3 Å². The van der Waals surface area contributed by atoms with Crippen molar-refractivity contribution in [2.24, 2.45) is 0 Å². The van der Waals surface area contributed by atoms with Gasteiger partial charge in [0.15, 0.2) is 9.84 Å². The molecule has 2 nitrogen and oxygen atoms in total. The summed E-state index contributed by atoms with van der Waals surface area (Å²) in [7, 11) is -3.30. The maximum Gasteiger partial charge on any atom is 0.178 e. The molecule has 0 heterocycles. The monoisotopic (exact) mass is 292 g/mol. The Hall–Kier alpha value is -1.68. The molecule has 0 amide bonds. The smallest absolute Gasteiger partial charge is 0.178 e. The second-order valence-electron chi connectivity index (χ2n) is 4.72. The molecule has 0 aliphatic heterocycles. The Morgan fingerprint density at radius 3 is 2.15 bits per heavy atom. The van der Waals surface area contributed by atoms with E-state index in [9.17, 15) is 12.8 Å². The van der Waals surface area contributed by atoms with E-state index in [1.807, 2.05) is 30.3 Å². The molecule has 106 valence electrons. The molecule has 0 aliphatic rings. The zero-order chi connectivity index (χ0) is 14.4. The average molecular weight is 292 g/mol. The van der Waals surface area contributed by atoms with Crippen LogP contribution in [0.4, 0.5) is 4.39 Å². The van der Waals surface area contributed by atoms with E-state index in [1.165, 1.54) is 29.8 Å². The largest absolute Gasteiger partial charge is 0.224 e. The lowest BCUT2D eigenvalue weighted by Gasteiger charge is -2.05. The molecule has 2 aromatic rings. The fourth-order valence-corrected chi connectivity index (χ4v) is 3.40. The summed E-state index contributed by atoms with van der Waals surface area (Å²) in [4.78, 5) is 0.193. The summed E-state index contributed by atoms with van der Waals surface area (Å²) in [5.41, 5.74) is 1.21. The van der Waals surface area contributed by atoms with Crippen molar-refractivity contribution < 1.29 is 12.8 Å². The standard InChI is InChI=1S/C16H17FO2S/c17-15-9-11-16(12-10-15)20(18,19)13-5-4-8-14-6-2-1-3-7-14/h1-3,6-7,9-12H,4-5,8,13H2. The van der Waals surface area contributed by atoms with Crippen molar-refractivity contribution in [1.29, 1.82) is 0 Å². The van der Waals surface area contributed by atoms with Gasteiger partial charge in [-0.05, 0) is 49.1 Å². The number of aryl methyl sites for hydroxylation is 1. The van der Waals surface area contributed by atoms with Crippen LogP contribution in [0.2, 0.25) is 0 Å². The highest BCUT2D eigenvalue weighted by atomic mass is 32.2. The first kappa shape index (κ1) is 14.7. The van der Waals surface area contributed by atoms with Gasteiger partial charge >= 0.3 is 0 Å². The van der Waals surface area contributed by atoms with E-state index < -0.39 is 15.7 Å². The van der Waals surface area contributed by atoms with E-state index >= 15 is 0 Å². The highest BCUT2D eigenvalue weighted by molar-refractivity contribution is 7.91. The number of unbranched alkanes of at least 4 members (excludes halogenated alkanes) is 1. The summed E-state index contributed by atoms with van der Waals surface area (Å²) in [5.74, 6) is -0.320. The first-order chi connectivity index (χ1) is 9.58. The van der Waals surface area contributed by atoms with Crippen molar-refractivity contribution in [3.63, 3.8) is 0 Å². The van der Waals surface area contributed by atoms with Crippen LogP contribution in [0.1, 0.15) is 18.4 Å². The van der Waals surface area contributed by atoms with Gasteiger partial charge in [-0.25, -0.2) is 12.8 Å². The Morgan fingerprint density at radius 1 is 0.850 bits per heavy atom. The quantitative estimate of drug-likeness (QED) is 0.602. The fourth-order valence-electron chi connectivity index (χ4n) is 2.03. The van der Waals surface area contributed by atoms with Gasteiger partial charge < -0.3 is 0 Å². The van der Waals surface area contributed by atoms with Crippen molar-refractivity contribution in [2.75, 3.05) is 5.75 Å². The number of hydrogen-bond donors (Lipinski definition) is 0. The molecule has 2 rings (SSSR count). The number of hydrogen-bond acceptors (Lipinski definition) is 2.